The number of benzene rings is 3. The number of carbonyl (C=O) groups is 2. The van der Waals surface area contributed by atoms with Gasteiger partial charge >= 0.3 is 11.9 Å². The monoisotopic (exact) mass is 520 g/mol. The zero-order valence-corrected chi connectivity index (χ0v) is 22.0. The molecule has 8 heteroatoms. The number of esters is 2. The molecule has 200 valence electrons. The summed E-state index contributed by atoms with van der Waals surface area (Å²) in [5, 5.41) is 0. The van der Waals surface area contributed by atoms with Gasteiger partial charge in [0.05, 0.1) is 21.3 Å². The maximum Gasteiger partial charge on any atom is 0.343 e. The van der Waals surface area contributed by atoms with Gasteiger partial charge in [-0.05, 0) is 60.0 Å². The largest absolute Gasteiger partial charge is 0.498 e. The zero-order chi connectivity index (χ0) is 27.5. The van der Waals surface area contributed by atoms with Gasteiger partial charge in [-0.15, -0.1) is 0 Å². The topological polar surface area (TPSA) is 89.5 Å². The van der Waals surface area contributed by atoms with E-state index < -0.39 is 17.4 Å². The third kappa shape index (κ3) is 7.06. The minimum Gasteiger partial charge on any atom is -0.498 e. The highest BCUT2D eigenvalue weighted by atomic mass is 16.6. The summed E-state index contributed by atoms with van der Waals surface area (Å²) in [5.74, 6) is 1.41. The van der Waals surface area contributed by atoms with Crippen molar-refractivity contribution >= 4 is 11.9 Å². The number of hydrogen-bond donors (Lipinski definition) is 0. The van der Waals surface area contributed by atoms with Gasteiger partial charge in [-0.2, -0.15) is 0 Å². The maximum absolute atomic E-state index is 11.4. The number of carbonyl (C=O) groups excluding carboxylic acids is 2. The number of methoxy groups -OCH3 is 3. The number of ether oxygens (including phenoxy) is 6. The van der Waals surface area contributed by atoms with E-state index in [0.29, 0.717) is 23.0 Å². The Bertz CT molecular complexity index is 1060. The molecule has 0 N–H and O–H groups in total. The van der Waals surface area contributed by atoms with E-state index in [1.807, 2.05) is 72.8 Å². The van der Waals surface area contributed by atoms with Crippen LogP contribution in [0.2, 0.25) is 0 Å². The van der Waals surface area contributed by atoms with E-state index in [0.717, 1.165) is 16.7 Å². The first-order valence-electron chi connectivity index (χ1n) is 11.9. The summed E-state index contributed by atoms with van der Waals surface area (Å²) in [7, 11) is 4.18. The van der Waals surface area contributed by atoms with Crippen LogP contribution in [-0.4, -0.2) is 53.1 Å². The molecular weight excluding hydrogens is 488 g/mol. The van der Waals surface area contributed by atoms with Gasteiger partial charge in [0, 0.05) is 5.41 Å². The molecule has 0 saturated heterocycles. The molecule has 0 atom stereocenters. The van der Waals surface area contributed by atoms with Crippen LogP contribution in [0.4, 0.5) is 0 Å². The van der Waals surface area contributed by atoms with Gasteiger partial charge in [-0.3, -0.25) is 0 Å². The molecule has 0 radical (unpaired) electrons. The molecular formula is C30H32O8. The second-order valence-electron chi connectivity index (χ2n) is 8.46. The first kappa shape index (κ1) is 28.1. The quantitative estimate of drug-likeness (QED) is 0.182. The van der Waals surface area contributed by atoms with Gasteiger partial charge in [0.15, 0.2) is 13.2 Å². The Kier molecular flexibility index (Phi) is 9.76. The SMILES string of the molecule is C=C(COc1ccc(C(C)(c2ccc(OCC(=O)OC)cc2)c2ccc(OCC(=O)OC)cc2)cc1)OC. The second kappa shape index (κ2) is 13.2. The van der Waals surface area contributed by atoms with E-state index in [4.69, 9.17) is 18.9 Å². The van der Waals surface area contributed by atoms with Crippen LogP contribution in [0.3, 0.4) is 0 Å². The van der Waals surface area contributed by atoms with Crippen molar-refractivity contribution in [2.24, 2.45) is 0 Å². The lowest BCUT2D eigenvalue weighted by atomic mass is 9.71. The van der Waals surface area contributed by atoms with Crippen molar-refractivity contribution in [3.05, 3.63) is 102 Å². The molecule has 0 aliphatic rings. The lowest BCUT2D eigenvalue weighted by molar-refractivity contribution is -0.143. The fourth-order valence-electron chi connectivity index (χ4n) is 3.78. The molecule has 0 aliphatic carbocycles. The molecule has 38 heavy (non-hydrogen) atoms. The summed E-state index contributed by atoms with van der Waals surface area (Å²) in [6.45, 7) is 5.81. The van der Waals surface area contributed by atoms with Crippen LogP contribution in [0.1, 0.15) is 23.6 Å². The van der Waals surface area contributed by atoms with E-state index in [1.54, 1.807) is 7.11 Å². The number of rotatable bonds is 13. The Hall–Kier alpha value is -4.46. The maximum atomic E-state index is 11.4. The minimum absolute atomic E-state index is 0.170. The normalized spacial score (nSPS) is 10.7. The molecule has 0 heterocycles. The van der Waals surface area contributed by atoms with Gasteiger partial charge in [-0.25, -0.2) is 9.59 Å². The summed E-state index contributed by atoms with van der Waals surface area (Å²) in [6.07, 6.45) is 0. The van der Waals surface area contributed by atoms with Gasteiger partial charge in [0.25, 0.3) is 0 Å². The van der Waals surface area contributed by atoms with Crippen molar-refractivity contribution in [1.82, 2.24) is 0 Å². The lowest BCUT2D eigenvalue weighted by Crippen LogP contribution is -2.25. The predicted molar refractivity (Wildman–Crippen MR) is 142 cm³/mol. The Morgan fingerprint density at radius 1 is 0.579 bits per heavy atom. The highest BCUT2D eigenvalue weighted by molar-refractivity contribution is 5.71. The first-order chi connectivity index (χ1) is 18.3. The summed E-state index contributed by atoms with van der Waals surface area (Å²) in [6, 6.07) is 22.9. The molecule has 0 aliphatic heterocycles. The highest BCUT2D eigenvalue weighted by Gasteiger charge is 2.31. The zero-order valence-electron chi connectivity index (χ0n) is 22.0. The molecule has 0 fully saturated rings. The van der Waals surface area contributed by atoms with Crippen molar-refractivity contribution in [1.29, 1.82) is 0 Å². The van der Waals surface area contributed by atoms with Crippen LogP contribution in [-0.2, 0) is 29.2 Å². The van der Waals surface area contributed by atoms with E-state index in [-0.39, 0.29) is 19.8 Å². The molecule has 0 unspecified atom stereocenters. The van der Waals surface area contributed by atoms with Gasteiger partial charge in [-0.1, -0.05) is 43.0 Å². The third-order valence-corrected chi connectivity index (χ3v) is 6.15. The van der Waals surface area contributed by atoms with Crippen molar-refractivity contribution < 1.29 is 38.0 Å². The van der Waals surface area contributed by atoms with Crippen LogP contribution in [0, 0.1) is 0 Å². The molecule has 8 nitrogen and oxygen atoms in total. The van der Waals surface area contributed by atoms with Crippen LogP contribution in [0.5, 0.6) is 17.2 Å². The minimum atomic E-state index is -0.573. The fraction of sp³-hybridized carbons (Fsp3) is 0.267. The van der Waals surface area contributed by atoms with Crippen molar-refractivity contribution in [2.75, 3.05) is 41.2 Å². The van der Waals surface area contributed by atoms with Crippen LogP contribution < -0.4 is 14.2 Å². The molecule has 3 aromatic rings. The fourth-order valence-corrected chi connectivity index (χ4v) is 3.78. The summed E-state index contributed by atoms with van der Waals surface area (Å²) in [5.41, 5.74) is 2.43. The van der Waals surface area contributed by atoms with Crippen molar-refractivity contribution in [3.8, 4) is 17.2 Å². The molecule has 0 aromatic heterocycles. The van der Waals surface area contributed by atoms with Crippen LogP contribution >= 0.6 is 0 Å². The van der Waals surface area contributed by atoms with E-state index in [1.165, 1.54) is 14.2 Å². The summed E-state index contributed by atoms with van der Waals surface area (Å²) < 4.78 is 31.1. The Morgan fingerprint density at radius 3 is 1.18 bits per heavy atom. The first-order valence-corrected chi connectivity index (χ1v) is 11.9. The van der Waals surface area contributed by atoms with Crippen LogP contribution in [0.15, 0.2) is 85.1 Å². The Morgan fingerprint density at radius 2 is 0.895 bits per heavy atom. The molecule has 0 amide bonds. The molecule has 3 aromatic carbocycles. The average Bonchev–Trinajstić information content (AvgIpc) is 2.97. The lowest BCUT2D eigenvalue weighted by Gasteiger charge is -2.32. The van der Waals surface area contributed by atoms with Crippen molar-refractivity contribution in [3.63, 3.8) is 0 Å². The van der Waals surface area contributed by atoms with Crippen LogP contribution in [0.25, 0.3) is 0 Å². The summed E-state index contributed by atoms with van der Waals surface area (Å²) >= 11 is 0. The number of hydrogen-bond acceptors (Lipinski definition) is 8. The third-order valence-electron chi connectivity index (χ3n) is 6.15. The summed E-state index contributed by atoms with van der Waals surface area (Å²) in [4.78, 5) is 22.9. The standard InChI is InChI=1S/C30H32O8/c1-21(33-3)18-36-25-12-6-22(7-13-25)30(2,23-8-14-26(15-9-23)37-19-28(31)34-4)24-10-16-27(17-11-24)38-20-29(32)35-5/h6-17H,1,18-20H2,2-5H3. The van der Waals surface area contributed by atoms with E-state index in [9.17, 15) is 9.59 Å². The average molecular weight is 521 g/mol. The Balaban J connectivity index is 1.93. The molecule has 0 bridgehead atoms. The van der Waals surface area contributed by atoms with E-state index in [2.05, 4.69) is 23.0 Å². The Labute approximate surface area is 222 Å². The van der Waals surface area contributed by atoms with Gasteiger partial charge in [0.2, 0.25) is 0 Å². The molecule has 0 spiro atoms. The highest BCUT2D eigenvalue weighted by Crippen LogP contribution is 2.40. The second-order valence-corrected chi connectivity index (χ2v) is 8.46. The van der Waals surface area contributed by atoms with Gasteiger partial charge in [0.1, 0.15) is 29.6 Å². The smallest absolute Gasteiger partial charge is 0.343 e. The van der Waals surface area contributed by atoms with Gasteiger partial charge < -0.3 is 28.4 Å². The van der Waals surface area contributed by atoms with Crippen molar-refractivity contribution in [2.45, 2.75) is 12.3 Å². The molecule has 3 rings (SSSR count). The van der Waals surface area contributed by atoms with E-state index >= 15 is 0 Å². The molecule has 0 saturated carbocycles. The predicted octanol–water partition coefficient (Wildman–Crippen LogP) is 4.68.